The van der Waals surface area contributed by atoms with E-state index in [1.165, 1.54) is 50.5 Å². The van der Waals surface area contributed by atoms with Crippen LogP contribution in [0.4, 0.5) is 5.82 Å². The molecular weight excluding hydrogens is 408 g/mol. The molecule has 0 aliphatic carbocycles. The molecule has 0 radical (unpaired) electrons. The maximum atomic E-state index is 11.0. The normalized spacial score (nSPS) is 17.3. The van der Waals surface area contributed by atoms with Gasteiger partial charge in [0.25, 0.3) is 0 Å². The van der Waals surface area contributed by atoms with Crippen molar-refractivity contribution in [1.82, 2.24) is 4.98 Å². The lowest BCUT2D eigenvalue weighted by Crippen LogP contribution is -2.25. The molecule has 190 valence electrons. The van der Waals surface area contributed by atoms with Crippen molar-refractivity contribution in [3.63, 3.8) is 0 Å². The Bertz CT molecular complexity index is 729. The Balaban J connectivity index is 1.70. The largest absolute Gasteiger partial charge is 0.506 e. The van der Waals surface area contributed by atoms with Crippen LogP contribution in [-0.2, 0) is 12.8 Å². The van der Waals surface area contributed by atoms with Crippen LogP contribution in [0.2, 0.25) is 0 Å². The number of likely N-dealkylation sites (N-methyl/N-ethyl adjacent to an activating group) is 1. The number of nitrogens with zero attached hydrogens (tertiary/aromatic N) is 2. The van der Waals surface area contributed by atoms with Crippen molar-refractivity contribution in [1.29, 1.82) is 0 Å². The zero-order chi connectivity index (χ0) is 24.6. The average Bonchev–Trinajstić information content (AvgIpc) is 3.08. The minimum absolute atomic E-state index is 0.326. The van der Waals surface area contributed by atoms with Crippen molar-refractivity contribution in [3.05, 3.63) is 16.8 Å². The molecular formula is C29H52N2O2. The van der Waals surface area contributed by atoms with E-state index >= 15 is 0 Å². The topological polar surface area (TPSA) is 56.6 Å². The third-order valence-electron chi connectivity index (χ3n) is 7.79. The van der Waals surface area contributed by atoms with Gasteiger partial charge in [-0.15, -0.1) is 0 Å². The van der Waals surface area contributed by atoms with Crippen LogP contribution in [0, 0.1) is 24.7 Å². The summed E-state index contributed by atoms with van der Waals surface area (Å²) in [7, 11) is 2.06. The van der Waals surface area contributed by atoms with Crippen LogP contribution in [0.1, 0.15) is 116 Å². The second-order valence-corrected chi connectivity index (χ2v) is 11.9. The van der Waals surface area contributed by atoms with Gasteiger partial charge in [-0.2, -0.15) is 0 Å². The molecule has 1 aliphatic heterocycles. The van der Waals surface area contributed by atoms with Crippen molar-refractivity contribution in [2.24, 2.45) is 17.8 Å². The minimum Gasteiger partial charge on any atom is -0.506 e. The lowest BCUT2D eigenvalue weighted by atomic mass is 9.87. The summed E-state index contributed by atoms with van der Waals surface area (Å²) >= 11 is 0. The van der Waals surface area contributed by atoms with Gasteiger partial charge in [0.15, 0.2) is 0 Å². The van der Waals surface area contributed by atoms with Crippen molar-refractivity contribution in [2.45, 2.75) is 124 Å². The third-order valence-corrected chi connectivity index (χ3v) is 7.79. The Morgan fingerprint density at radius 3 is 2.12 bits per heavy atom. The van der Waals surface area contributed by atoms with Gasteiger partial charge in [0.05, 0.1) is 11.3 Å². The molecule has 0 saturated heterocycles. The summed E-state index contributed by atoms with van der Waals surface area (Å²) in [5.41, 5.74) is 2.17. The van der Waals surface area contributed by atoms with Crippen LogP contribution >= 0.6 is 0 Å². The number of aliphatic hydroxyl groups is 1. The lowest BCUT2D eigenvalue weighted by Gasteiger charge is -2.25. The zero-order valence-electron chi connectivity index (χ0n) is 22.7. The highest BCUT2D eigenvalue weighted by molar-refractivity contribution is 5.60. The summed E-state index contributed by atoms with van der Waals surface area (Å²) in [5.74, 6) is 3.74. The van der Waals surface area contributed by atoms with Gasteiger partial charge in [0.2, 0.25) is 0 Å². The van der Waals surface area contributed by atoms with Crippen molar-refractivity contribution in [3.8, 4) is 5.75 Å². The molecule has 2 unspecified atom stereocenters. The fourth-order valence-electron chi connectivity index (χ4n) is 5.34. The van der Waals surface area contributed by atoms with E-state index in [4.69, 9.17) is 0 Å². The molecule has 0 bridgehead atoms. The molecule has 1 aromatic rings. The molecule has 1 aromatic heterocycles. The molecule has 2 heterocycles. The molecule has 2 N–H and O–H groups in total. The molecule has 0 fully saturated rings. The number of pyridine rings is 1. The fourth-order valence-corrected chi connectivity index (χ4v) is 5.34. The number of aryl methyl sites for hydroxylation is 1. The molecule has 1 aliphatic rings. The number of rotatable bonds is 15. The maximum Gasteiger partial charge on any atom is 0.140 e. The van der Waals surface area contributed by atoms with E-state index in [2.05, 4.69) is 44.6 Å². The molecule has 0 saturated carbocycles. The van der Waals surface area contributed by atoms with Gasteiger partial charge in [-0.3, -0.25) is 0 Å². The minimum atomic E-state index is -0.689. The fraction of sp³-hybridized carbons (Fsp3) is 0.828. The molecule has 0 aromatic carbocycles. The maximum absolute atomic E-state index is 11.0. The molecule has 4 nitrogen and oxygen atoms in total. The SMILES string of the molecule is Cc1nc2c(c(CCC(C)(O)CCC[C@H](C)CCCC(C)CCCC(C)C)c1O)CCN2C. The van der Waals surface area contributed by atoms with Crippen LogP contribution in [-0.4, -0.2) is 34.4 Å². The van der Waals surface area contributed by atoms with Crippen molar-refractivity contribution in [2.75, 3.05) is 18.5 Å². The van der Waals surface area contributed by atoms with E-state index in [1.54, 1.807) is 0 Å². The highest BCUT2D eigenvalue weighted by Crippen LogP contribution is 2.37. The monoisotopic (exact) mass is 460 g/mol. The van der Waals surface area contributed by atoms with Crippen LogP contribution in [0.5, 0.6) is 5.75 Å². The first-order valence-electron chi connectivity index (χ1n) is 13.6. The van der Waals surface area contributed by atoms with E-state index in [0.717, 1.165) is 54.9 Å². The summed E-state index contributed by atoms with van der Waals surface area (Å²) in [4.78, 5) is 6.74. The van der Waals surface area contributed by atoms with Gasteiger partial charge < -0.3 is 15.1 Å². The van der Waals surface area contributed by atoms with E-state index in [9.17, 15) is 10.2 Å². The Morgan fingerprint density at radius 2 is 1.52 bits per heavy atom. The number of anilines is 1. The Hall–Kier alpha value is -1.29. The summed E-state index contributed by atoms with van der Waals surface area (Å²) in [6.45, 7) is 14.2. The van der Waals surface area contributed by atoms with E-state index in [0.29, 0.717) is 24.3 Å². The predicted molar refractivity (Wildman–Crippen MR) is 141 cm³/mol. The van der Waals surface area contributed by atoms with Crippen molar-refractivity contribution < 1.29 is 10.2 Å². The van der Waals surface area contributed by atoms with E-state index in [-0.39, 0.29) is 0 Å². The van der Waals surface area contributed by atoms with Gasteiger partial charge in [0.1, 0.15) is 11.6 Å². The van der Waals surface area contributed by atoms with Crippen LogP contribution in [0.15, 0.2) is 0 Å². The Kier molecular flexibility index (Phi) is 11.0. The first-order valence-corrected chi connectivity index (χ1v) is 13.6. The molecule has 0 spiro atoms. The molecule has 3 atom stereocenters. The van der Waals surface area contributed by atoms with Gasteiger partial charge in [-0.05, 0) is 57.3 Å². The molecule has 33 heavy (non-hydrogen) atoms. The van der Waals surface area contributed by atoms with Crippen molar-refractivity contribution >= 4 is 5.82 Å². The average molecular weight is 461 g/mol. The van der Waals surface area contributed by atoms with Crippen LogP contribution < -0.4 is 4.90 Å². The smallest absolute Gasteiger partial charge is 0.140 e. The van der Waals surface area contributed by atoms with Gasteiger partial charge in [-0.1, -0.05) is 79.1 Å². The number of aromatic nitrogens is 1. The van der Waals surface area contributed by atoms with E-state index < -0.39 is 5.60 Å². The number of hydrogen-bond acceptors (Lipinski definition) is 4. The second-order valence-electron chi connectivity index (χ2n) is 11.9. The Morgan fingerprint density at radius 1 is 0.939 bits per heavy atom. The summed E-state index contributed by atoms with van der Waals surface area (Å²) < 4.78 is 0. The summed E-state index contributed by atoms with van der Waals surface area (Å²) in [6.07, 6.45) is 13.5. The third kappa shape index (κ3) is 9.11. The van der Waals surface area contributed by atoms with Crippen LogP contribution in [0.3, 0.4) is 0 Å². The highest BCUT2D eigenvalue weighted by Gasteiger charge is 2.27. The highest BCUT2D eigenvalue weighted by atomic mass is 16.3. The molecule has 2 rings (SSSR count). The predicted octanol–water partition coefficient (Wildman–Crippen LogP) is 7.21. The molecule has 0 amide bonds. The van der Waals surface area contributed by atoms with Gasteiger partial charge in [-0.25, -0.2) is 4.98 Å². The standard InChI is InChI=1S/C29H52N2O2/c1-21(2)11-8-12-22(3)13-9-14-23(4)15-10-18-29(6,33)19-16-25-26-17-20-31(7)28(26)30-24(5)27(25)32/h21-23,32-33H,8-20H2,1-7H3/t22?,23-,29?/m1/s1. The summed E-state index contributed by atoms with van der Waals surface area (Å²) in [5, 5.41) is 21.6. The number of aromatic hydroxyl groups is 1. The first kappa shape index (κ1) is 28.0. The number of hydrogen-bond donors (Lipinski definition) is 2. The van der Waals surface area contributed by atoms with E-state index in [1.807, 2.05) is 13.8 Å². The second kappa shape index (κ2) is 13.0. The zero-order valence-corrected chi connectivity index (χ0v) is 22.7. The molecule has 4 heteroatoms. The first-order chi connectivity index (χ1) is 15.5. The quantitative estimate of drug-likeness (QED) is 0.290. The lowest BCUT2D eigenvalue weighted by molar-refractivity contribution is 0.0385. The van der Waals surface area contributed by atoms with Crippen LogP contribution in [0.25, 0.3) is 0 Å². The summed E-state index contributed by atoms with van der Waals surface area (Å²) in [6, 6.07) is 0. The van der Waals surface area contributed by atoms with Gasteiger partial charge in [0, 0.05) is 24.7 Å². The Labute approximate surface area is 204 Å². The van der Waals surface area contributed by atoms with Gasteiger partial charge >= 0.3 is 0 Å². The number of fused-ring (bicyclic) bond motifs is 1.